The van der Waals surface area contributed by atoms with E-state index < -0.39 is 0 Å². The van der Waals surface area contributed by atoms with Gasteiger partial charge in [-0.15, -0.1) is 0 Å². The predicted molar refractivity (Wildman–Crippen MR) is 457 cm³/mol. The lowest BCUT2D eigenvalue weighted by molar-refractivity contribution is -0.150. The summed E-state index contributed by atoms with van der Waals surface area (Å²) < 4.78 is 44.5. The first-order valence-electron chi connectivity index (χ1n) is 38.4. The highest BCUT2D eigenvalue weighted by molar-refractivity contribution is 5.90. The van der Waals surface area contributed by atoms with E-state index in [0.717, 1.165) is 133 Å². The number of rotatable bonds is 33. The van der Waals surface area contributed by atoms with Gasteiger partial charge in [-0.1, -0.05) is 225 Å². The van der Waals surface area contributed by atoms with E-state index in [0.29, 0.717) is 109 Å². The van der Waals surface area contributed by atoms with Crippen molar-refractivity contribution in [1.82, 2.24) is 0 Å². The van der Waals surface area contributed by atoms with Gasteiger partial charge in [0, 0.05) is 37.5 Å². The van der Waals surface area contributed by atoms with Crippen molar-refractivity contribution >= 4 is 53.7 Å². The first kappa shape index (κ1) is 131. The number of ether oxygens (including phenoxy) is 9. The topological polar surface area (TPSA) is 237 Å². The van der Waals surface area contributed by atoms with Gasteiger partial charge in [-0.2, -0.15) is 0 Å². The van der Waals surface area contributed by atoms with Gasteiger partial charge in [0.15, 0.2) is 0 Å². The van der Waals surface area contributed by atoms with Crippen molar-refractivity contribution in [3.63, 3.8) is 0 Å². The van der Waals surface area contributed by atoms with Crippen LogP contribution in [0.1, 0.15) is 389 Å². The Hall–Kier alpha value is -6.33. The maximum Gasteiger partial charge on any atom is 0.338 e. The minimum Gasteiger partial charge on any atom is -0.466 e. The third-order valence-electron chi connectivity index (χ3n) is 15.5. The molecule has 2 aromatic rings. The van der Waals surface area contributed by atoms with Gasteiger partial charge in [-0.25, -0.2) is 9.59 Å². The van der Waals surface area contributed by atoms with Crippen LogP contribution in [0, 0.1) is 42.9 Å². The van der Waals surface area contributed by atoms with Crippen molar-refractivity contribution in [2.75, 3.05) is 59.5 Å². The van der Waals surface area contributed by atoms with E-state index in [2.05, 4.69) is 39.4 Å². The van der Waals surface area contributed by atoms with Crippen LogP contribution in [0.2, 0.25) is 0 Å². The number of benzene rings is 2. The third-order valence-corrected chi connectivity index (χ3v) is 15.5. The molecule has 0 radical (unpaired) electrons. The van der Waals surface area contributed by atoms with Crippen molar-refractivity contribution < 1.29 is 85.8 Å². The molecule has 2 unspecified atom stereocenters. The van der Waals surface area contributed by atoms with Crippen molar-refractivity contribution in [1.29, 1.82) is 0 Å². The largest absolute Gasteiger partial charge is 0.466 e. The summed E-state index contributed by atoms with van der Waals surface area (Å²) in [6.45, 7) is 45.3. The van der Waals surface area contributed by atoms with E-state index in [4.69, 9.17) is 37.9 Å². The summed E-state index contributed by atoms with van der Waals surface area (Å²) in [6, 6.07) is 14.8. The Bertz CT molecular complexity index is 2260. The highest BCUT2D eigenvalue weighted by Crippen LogP contribution is 2.32. The molecule has 2 saturated carbocycles. The SMILES string of the molecule is C.C.C.C.C.C.C.C.CCCC(=O)OCC(CC)(CC)CC.CCCOC(=O)C1CCC(C)CC1.CCCOC(=O)C1CCCC(C)C1.CCCOC(=O)CCC.CCCOC(=O)CCC.CCCOC(=O)CCC.CCCOC(=O)c1ccc(C)cc1.CCCOC(=O)c1cccc(C)c1.CCOC(=O)CC. The van der Waals surface area contributed by atoms with Crippen LogP contribution in [-0.4, -0.2) is 113 Å². The maximum atomic E-state index is 11.5. The quantitative estimate of drug-likeness (QED) is 0.0477. The summed E-state index contributed by atoms with van der Waals surface area (Å²) >= 11 is 0. The summed E-state index contributed by atoms with van der Waals surface area (Å²) in [6.07, 6.45) is 24.7. The van der Waals surface area contributed by atoms with E-state index in [9.17, 15) is 43.2 Å². The van der Waals surface area contributed by atoms with E-state index in [-0.39, 0.29) is 130 Å². The van der Waals surface area contributed by atoms with E-state index in [1.807, 2.05) is 120 Å². The van der Waals surface area contributed by atoms with Gasteiger partial charge in [0.25, 0.3) is 0 Å². The van der Waals surface area contributed by atoms with Crippen LogP contribution in [0.3, 0.4) is 0 Å². The minimum absolute atomic E-state index is 0. The number of carbonyl (C=O) groups is 9. The van der Waals surface area contributed by atoms with Crippen LogP contribution >= 0.6 is 0 Å². The molecule has 644 valence electrons. The Morgan fingerprint density at radius 1 is 0.343 bits per heavy atom. The fraction of sp³-hybridized carbons (Fsp3) is 0.767. The average Bonchev–Trinajstić information content (AvgIpc) is 0.923. The predicted octanol–water partition coefficient (Wildman–Crippen LogP) is 25.5. The van der Waals surface area contributed by atoms with Crippen LogP contribution < -0.4 is 0 Å². The third kappa shape index (κ3) is 80.7. The van der Waals surface area contributed by atoms with Crippen LogP contribution in [-0.2, 0) is 76.2 Å². The zero-order valence-electron chi connectivity index (χ0n) is 66.7. The monoisotopic (exact) mass is 1550 g/mol. The van der Waals surface area contributed by atoms with E-state index in [1.165, 1.54) is 25.7 Å². The van der Waals surface area contributed by atoms with Crippen LogP contribution in [0.15, 0.2) is 48.5 Å². The van der Waals surface area contributed by atoms with Crippen molar-refractivity contribution in [3.8, 4) is 0 Å². The van der Waals surface area contributed by atoms with E-state index >= 15 is 0 Å². The van der Waals surface area contributed by atoms with Crippen molar-refractivity contribution in [2.24, 2.45) is 29.1 Å². The van der Waals surface area contributed by atoms with Gasteiger partial charge >= 0.3 is 53.7 Å². The zero-order chi connectivity index (χ0) is 76.8. The molecule has 18 nitrogen and oxygen atoms in total. The molecule has 0 amide bonds. The molecule has 0 spiro atoms. The summed E-state index contributed by atoms with van der Waals surface area (Å²) in [5.74, 6) is 1.11. The molecule has 2 atom stereocenters. The standard InChI is InChI=1S/C12H24O2.C11H20O2.C11H14O2.C11H20O2.C11H14O2.3C7H14O2.C5H10O2.8CH4/c1-5-9-11(13)14-10-12(6-2,7-3)8-4;2*1-3-8-13-11(12)10-6-4-9(2)5-7-10;2*1-3-7-13-11(12)10-6-4-5-9(2)8-10;3*1-3-5-7(8)9-6-4-2;1-3-5(6)7-4-2;;;;;;;;/h5-10H2,1-4H3;9-10H,3-8H2,1-2H3;4-7H,3,8H2,1-2H3;9-10H,3-8H2,1-2H3;4-6,8H,3,7H2,1-2H3;3*3-6H2,1-2H3;3-4H2,1-2H3;8*1H4. The van der Waals surface area contributed by atoms with Crippen LogP contribution in [0.25, 0.3) is 0 Å². The molecule has 0 N–H and O–H groups in total. The zero-order valence-corrected chi connectivity index (χ0v) is 66.7. The Labute approximate surface area is 667 Å². The minimum atomic E-state index is -0.234. The van der Waals surface area contributed by atoms with Gasteiger partial charge in [0.2, 0.25) is 0 Å². The molecule has 0 saturated heterocycles. The van der Waals surface area contributed by atoms with Crippen LogP contribution in [0.5, 0.6) is 0 Å². The molecule has 0 bridgehead atoms. The molecule has 2 aliphatic rings. The Morgan fingerprint density at radius 2 is 0.694 bits per heavy atom. The van der Waals surface area contributed by atoms with Gasteiger partial charge in [-0.05, 0) is 185 Å². The first-order chi connectivity index (χ1) is 47.8. The highest BCUT2D eigenvalue weighted by atomic mass is 16.6. The fourth-order valence-corrected chi connectivity index (χ4v) is 9.11. The molecule has 2 aliphatic carbocycles. The van der Waals surface area contributed by atoms with Gasteiger partial charge in [0.05, 0.1) is 82.4 Å². The molecule has 0 heterocycles. The lowest BCUT2D eigenvalue weighted by atomic mass is 9.81. The Kier molecular flexibility index (Phi) is 113. The van der Waals surface area contributed by atoms with Gasteiger partial charge in [0.1, 0.15) is 0 Å². The lowest BCUT2D eigenvalue weighted by Crippen LogP contribution is -2.26. The average molecular weight is 1550 g/mol. The number of carbonyl (C=O) groups excluding carboxylic acids is 9. The molecule has 2 fully saturated rings. The second-order valence-electron chi connectivity index (χ2n) is 25.3. The summed E-state index contributed by atoms with van der Waals surface area (Å²) in [5.41, 5.74) is 3.69. The molecule has 108 heavy (non-hydrogen) atoms. The molecule has 2 aromatic carbocycles. The molecular formula is C90H176O18. The van der Waals surface area contributed by atoms with Crippen molar-refractivity contribution in [2.45, 2.75) is 371 Å². The number of hydrogen-bond donors (Lipinski definition) is 0. The normalized spacial score (nSPS) is 13.5. The molecule has 4 rings (SSSR count). The smallest absolute Gasteiger partial charge is 0.338 e. The van der Waals surface area contributed by atoms with E-state index in [1.54, 1.807) is 32.0 Å². The number of esters is 9. The van der Waals surface area contributed by atoms with Gasteiger partial charge in [-0.3, -0.25) is 33.6 Å². The van der Waals surface area contributed by atoms with Crippen molar-refractivity contribution in [3.05, 3.63) is 70.8 Å². The Balaban J connectivity index is -0.0000000853. The summed E-state index contributed by atoms with van der Waals surface area (Å²) in [7, 11) is 0. The maximum absolute atomic E-state index is 11.5. The summed E-state index contributed by atoms with van der Waals surface area (Å²) in [5, 5.41) is 0. The number of hydrogen-bond acceptors (Lipinski definition) is 18. The highest BCUT2D eigenvalue weighted by Gasteiger charge is 2.28. The second-order valence-corrected chi connectivity index (χ2v) is 25.3. The fourth-order valence-electron chi connectivity index (χ4n) is 9.11. The molecule has 18 heteroatoms. The molecule has 0 aliphatic heterocycles. The summed E-state index contributed by atoms with van der Waals surface area (Å²) in [4.78, 5) is 98.7. The number of aryl methyl sites for hydroxylation is 2. The second kappa shape index (κ2) is 93.1. The molecular weight excluding hydrogens is 1370 g/mol. The lowest BCUT2D eigenvalue weighted by Gasteiger charge is -2.29. The first-order valence-corrected chi connectivity index (χ1v) is 38.4. The molecule has 0 aromatic heterocycles. The van der Waals surface area contributed by atoms with Gasteiger partial charge < -0.3 is 42.6 Å². The Morgan fingerprint density at radius 3 is 1.02 bits per heavy atom. The van der Waals surface area contributed by atoms with Crippen LogP contribution in [0.4, 0.5) is 0 Å².